The normalized spacial score (nSPS) is 27.5. The Morgan fingerprint density at radius 2 is 2.05 bits per heavy atom. The van der Waals surface area contributed by atoms with Gasteiger partial charge in [-0.3, -0.25) is 0 Å². The van der Waals surface area contributed by atoms with Crippen molar-refractivity contribution in [2.45, 2.75) is 57.5 Å². The highest BCUT2D eigenvalue weighted by Gasteiger charge is 2.33. The van der Waals surface area contributed by atoms with E-state index in [4.69, 9.17) is 0 Å². The molecular weight excluding hydrogens is 307 g/mol. The minimum Gasteiger partial charge on any atom is -0.390 e. The molecule has 1 aromatic carbocycles. The van der Waals surface area contributed by atoms with E-state index in [1.807, 2.05) is 0 Å². The van der Waals surface area contributed by atoms with Gasteiger partial charge in [0.05, 0.1) is 5.60 Å². The summed E-state index contributed by atoms with van der Waals surface area (Å²) in [7, 11) is 0. The summed E-state index contributed by atoms with van der Waals surface area (Å²) in [4.78, 5) is 0. The van der Waals surface area contributed by atoms with E-state index in [1.165, 1.54) is 25.0 Å². The smallest absolute Gasteiger partial charge is 0.124 e. The van der Waals surface area contributed by atoms with Crippen LogP contribution in [0.25, 0.3) is 0 Å². The van der Waals surface area contributed by atoms with E-state index in [9.17, 15) is 9.50 Å². The minimum absolute atomic E-state index is 0.241. The first-order chi connectivity index (χ1) is 9.02. The first-order valence-electron chi connectivity index (χ1n) is 7.19. The van der Waals surface area contributed by atoms with Crippen molar-refractivity contribution < 1.29 is 9.50 Å². The molecular formula is C16H22BrFO. The number of benzene rings is 1. The quantitative estimate of drug-likeness (QED) is 0.837. The number of aliphatic hydroxyl groups is 1. The number of halogens is 2. The van der Waals surface area contributed by atoms with Gasteiger partial charge in [0.25, 0.3) is 0 Å². The number of rotatable bonds is 4. The molecule has 1 N–H and O–H groups in total. The van der Waals surface area contributed by atoms with Gasteiger partial charge in [0, 0.05) is 10.9 Å². The van der Waals surface area contributed by atoms with E-state index in [-0.39, 0.29) is 5.82 Å². The van der Waals surface area contributed by atoms with Crippen LogP contribution >= 0.6 is 15.9 Å². The Balaban J connectivity index is 1.99. The summed E-state index contributed by atoms with van der Waals surface area (Å²) in [5.41, 5.74) is 0.391. The lowest BCUT2D eigenvalue weighted by Crippen LogP contribution is -2.36. The first kappa shape index (κ1) is 15.0. The van der Waals surface area contributed by atoms with Gasteiger partial charge in [0.15, 0.2) is 0 Å². The molecule has 0 unspecified atom stereocenters. The Morgan fingerprint density at radius 1 is 1.37 bits per heavy atom. The van der Waals surface area contributed by atoms with Gasteiger partial charge < -0.3 is 5.11 Å². The van der Waals surface area contributed by atoms with Gasteiger partial charge in [-0.1, -0.05) is 41.8 Å². The van der Waals surface area contributed by atoms with E-state index in [2.05, 4.69) is 22.9 Å². The van der Waals surface area contributed by atoms with Crippen molar-refractivity contribution >= 4 is 15.9 Å². The molecule has 0 radical (unpaired) electrons. The Hall–Kier alpha value is -0.410. The van der Waals surface area contributed by atoms with E-state index in [1.54, 1.807) is 6.07 Å². The fourth-order valence-corrected chi connectivity index (χ4v) is 3.60. The molecule has 1 fully saturated rings. The summed E-state index contributed by atoms with van der Waals surface area (Å²) in [5.74, 6) is 0.538. The van der Waals surface area contributed by atoms with Crippen molar-refractivity contribution in [1.29, 1.82) is 0 Å². The van der Waals surface area contributed by atoms with E-state index < -0.39 is 5.60 Å². The van der Waals surface area contributed by atoms with Crippen LogP contribution in [0.15, 0.2) is 22.7 Å². The molecule has 0 aromatic heterocycles. The third kappa shape index (κ3) is 4.03. The van der Waals surface area contributed by atoms with Crippen molar-refractivity contribution in [3.63, 3.8) is 0 Å². The summed E-state index contributed by atoms with van der Waals surface area (Å²) in [5, 5.41) is 10.7. The van der Waals surface area contributed by atoms with Crippen molar-refractivity contribution in [3.05, 3.63) is 34.1 Å². The Morgan fingerprint density at radius 3 is 2.63 bits per heavy atom. The third-order valence-electron chi connectivity index (χ3n) is 4.27. The van der Waals surface area contributed by atoms with Crippen LogP contribution in [0.2, 0.25) is 0 Å². The van der Waals surface area contributed by atoms with Crippen LogP contribution in [-0.2, 0) is 6.42 Å². The molecule has 3 heteroatoms. The van der Waals surface area contributed by atoms with Crippen molar-refractivity contribution in [1.82, 2.24) is 0 Å². The zero-order chi connectivity index (χ0) is 13.9. The average molecular weight is 329 g/mol. The fraction of sp³-hybridized carbons (Fsp3) is 0.625. The predicted octanol–water partition coefficient (Wildman–Crippen LogP) is 4.85. The molecule has 19 heavy (non-hydrogen) atoms. The lowest BCUT2D eigenvalue weighted by atomic mass is 9.75. The van der Waals surface area contributed by atoms with Crippen LogP contribution in [0, 0.1) is 11.7 Å². The number of hydrogen-bond acceptors (Lipinski definition) is 1. The molecule has 1 aliphatic carbocycles. The molecule has 0 bridgehead atoms. The van der Waals surface area contributed by atoms with Gasteiger partial charge in [-0.25, -0.2) is 4.39 Å². The molecule has 2 rings (SSSR count). The van der Waals surface area contributed by atoms with E-state index in [0.29, 0.717) is 6.42 Å². The highest BCUT2D eigenvalue weighted by molar-refractivity contribution is 9.10. The molecule has 1 saturated carbocycles. The van der Waals surface area contributed by atoms with Crippen LogP contribution in [0.5, 0.6) is 0 Å². The lowest BCUT2D eigenvalue weighted by Gasteiger charge is -2.36. The van der Waals surface area contributed by atoms with Crippen LogP contribution in [0.4, 0.5) is 4.39 Å². The summed E-state index contributed by atoms with van der Waals surface area (Å²) >= 11 is 3.38. The molecule has 0 heterocycles. The topological polar surface area (TPSA) is 20.2 Å². The second-order valence-corrected chi connectivity index (χ2v) is 6.72. The molecule has 1 aromatic rings. The predicted molar refractivity (Wildman–Crippen MR) is 79.6 cm³/mol. The molecule has 0 amide bonds. The van der Waals surface area contributed by atoms with Gasteiger partial charge in [-0.2, -0.15) is 0 Å². The minimum atomic E-state index is -0.607. The fourth-order valence-electron chi connectivity index (χ4n) is 3.11. The highest BCUT2D eigenvalue weighted by atomic mass is 79.9. The molecule has 106 valence electrons. The zero-order valence-electron chi connectivity index (χ0n) is 11.5. The van der Waals surface area contributed by atoms with E-state index >= 15 is 0 Å². The zero-order valence-corrected chi connectivity index (χ0v) is 13.0. The van der Waals surface area contributed by atoms with Crippen LogP contribution in [0.1, 0.15) is 51.0 Å². The summed E-state index contributed by atoms with van der Waals surface area (Å²) < 4.78 is 13.8. The maximum atomic E-state index is 13.1. The van der Waals surface area contributed by atoms with Crippen molar-refractivity contribution in [2.75, 3.05) is 0 Å². The van der Waals surface area contributed by atoms with Crippen LogP contribution in [0.3, 0.4) is 0 Å². The third-order valence-corrected chi connectivity index (χ3v) is 5.01. The summed E-state index contributed by atoms with van der Waals surface area (Å²) in [6.07, 6.45) is 7.07. The molecule has 1 nitrogen and oxygen atoms in total. The SMILES string of the molecule is CCCC1CCC(O)(Cc2ccc(F)cc2Br)CC1. The van der Waals surface area contributed by atoms with Crippen LogP contribution in [-0.4, -0.2) is 10.7 Å². The Labute approximate surface area is 123 Å². The monoisotopic (exact) mass is 328 g/mol. The second kappa shape index (κ2) is 6.36. The molecule has 0 spiro atoms. The van der Waals surface area contributed by atoms with Crippen molar-refractivity contribution in [2.24, 2.45) is 5.92 Å². The molecule has 0 saturated heterocycles. The summed E-state index contributed by atoms with van der Waals surface area (Å²) in [6, 6.07) is 4.71. The maximum Gasteiger partial charge on any atom is 0.124 e. The lowest BCUT2D eigenvalue weighted by molar-refractivity contribution is -0.0100. The maximum absolute atomic E-state index is 13.1. The Kier molecular flexibility index (Phi) is 5.02. The van der Waals surface area contributed by atoms with Gasteiger partial charge in [0.2, 0.25) is 0 Å². The molecule has 0 atom stereocenters. The first-order valence-corrected chi connectivity index (χ1v) is 7.98. The second-order valence-electron chi connectivity index (χ2n) is 5.87. The summed E-state index contributed by atoms with van der Waals surface area (Å²) in [6.45, 7) is 2.22. The van der Waals surface area contributed by atoms with Gasteiger partial charge in [-0.05, 0) is 49.3 Å². The standard InChI is InChI=1S/C16H22BrFO/c1-2-3-12-6-8-16(19,9-7-12)11-13-4-5-14(18)10-15(13)17/h4-5,10,12,19H,2-3,6-9,11H2,1H3. The molecule has 0 aliphatic heterocycles. The van der Waals surface area contributed by atoms with Crippen molar-refractivity contribution in [3.8, 4) is 0 Å². The Bertz CT molecular complexity index is 425. The number of hydrogen-bond donors (Lipinski definition) is 1. The molecule has 1 aliphatic rings. The van der Waals surface area contributed by atoms with Gasteiger partial charge in [0.1, 0.15) is 5.82 Å². The van der Waals surface area contributed by atoms with Gasteiger partial charge in [-0.15, -0.1) is 0 Å². The van der Waals surface area contributed by atoms with E-state index in [0.717, 1.165) is 41.6 Å². The largest absolute Gasteiger partial charge is 0.390 e. The average Bonchev–Trinajstić information content (AvgIpc) is 2.36. The van der Waals surface area contributed by atoms with Gasteiger partial charge >= 0.3 is 0 Å². The van der Waals surface area contributed by atoms with Crippen LogP contribution < -0.4 is 0 Å². The highest BCUT2D eigenvalue weighted by Crippen LogP contribution is 2.37.